The number of hydrogen-bond acceptors (Lipinski definition) is 9. The Bertz CT molecular complexity index is 124. The van der Waals surface area contributed by atoms with Crippen LogP contribution in [0.25, 0.3) is 0 Å². The van der Waals surface area contributed by atoms with E-state index in [4.69, 9.17) is 29.7 Å². The molecule has 0 amide bonds. The van der Waals surface area contributed by atoms with Crippen molar-refractivity contribution in [2.24, 2.45) is 0 Å². The largest absolute Gasteiger partial charge is 3.00 e. The molecule has 0 aromatic heterocycles. The fraction of sp³-hybridized carbons (Fsp3) is 0. The fourth-order valence-corrected chi connectivity index (χ4v) is 0. The minimum Gasteiger partial charge on any atom is -0.764 e. The van der Waals surface area contributed by atoms with Gasteiger partial charge >= 0.3 is 48.9 Å². The SMILES string of the molecule is O=C([O-])[S-].O=C([O-])[S-].O=C([O-])[S-].[Sb+3].[Sb+3]. The van der Waals surface area contributed by atoms with E-state index in [0.717, 1.165) is 0 Å². The van der Waals surface area contributed by atoms with Gasteiger partial charge in [0.1, 0.15) is 0 Å². The molecule has 0 atom stereocenters. The Morgan fingerprint density at radius 3 is 0.643 bits per heavy atom. The predicted molar refractivity (Wildman–Crippen MR) is 49.8 cm³/mol. The third kappa shape index (κ3) is 3490. The third-order valence-corrected chi connectivity index (χ3v) is 0. The average molecular weight is 472 g/mol. The molecule has 0 saturated heterocycles. The molecule has 4 radical (unpaired) electrons. The van der Waals surface area contributed by atoms with Gasteiger partial charge in [0.25, 0.3) is 0 Å². The Morgan fingerprint density at radius 2 is 0.643 bits per heavy atom. The fourth-order valence-electron chi connectivity index (χ4n) is 0. The quantitative estimate of drug-likeness (QED) is 0.256. The zero-order chi connectivity index (χ0) is 10.7. The van der Waals surface area contributed by atoms with Gasteiger partial charge < -0.3 is 67.6 Å². The van der Waals surface area contributed by atoms with Crippen molar-refractivity contribution in [1.29, 1.82) is 0 Å². The minimum atomic E-state index is -1.50. The van der Waals surface area contributed by atoms with Gasteiger partial charge in [-0.2, -0.15) is 0 Å². The monoisotopic (exact) mass is 470 g/mol. The van der Waals surface area contributed by atoms with Crippen molar-refractivity contribution < 1.29 is 29.7 Å². The molecule has 0 fully saturated rings. The van der Waals surface area contributed by atoms with E-state index in [1.807, 2.05) is 0 Å². The minimum absolute atomic E-state index is 0. The van der Waals surface area contributed by atoms with E-state index in [-0.39, 0.29) is 48.9 Å². The summed E-state index contributed by atoms with van der Waals surface area (Å²) in [6, 6.07) is 0. The number of carbonyl (C=O) groups is 3. The zero-order valence-electron chi connectivity index (χ0n) is 6.07. The van der Waals surface area contributed by atoms with Crippen molar-refractivity contribution in [1.82, 2.24) is 0 Å². The molecule has 11 heteroatoms. The smallest absolute Gasteiger partial charge is 0.764 e. The van der Waals surface area contributed by atoms with E-state index in [1.54, 1.807) is 0 Å². The third-order valence-electron chi connectivity index (χ3n) is 0. The zero-order valence-corrected chi connectivity index (χ0v) is 13.6. The maximum absolute atomic E-state index is 8.70. The molecule has 0 aliphatic carbocycles. The van der Waals surface area contributed by atoms with Gasteiger partial charge in [0.05, 0.1) is 0 Å². The van der Waals surface area contributed by atoms with Crippen molar-refractivity contribution in [2.75, 3.05) is 0 Å². The van der Waals surface area contributed by atoms with Gasteiger partial charge in [0.2, 0.25) is 0 Å². The van der Waals surface area contributed by atoms with Gasteiger partial charge in [-0.1, -0.05) is 15.9 Å². The van der Waals surface area contributed by atoms with Gasteiger partial charge in [-0.25, -0.2) is 0 Å². The molecule has 0 aromatic rings. The van der Waals surface area contributed by atoms with Crippen molar-refractivity contribution in [3.63, 3.8) is 0 Å². The van der Waals surface area contributed by atoms with Crippen molar-refractivity contribution in [2.45, 2.75) is 0 Å². The number of carbonyl (C=O) groups excluding carboxylic acids is 3. The van der Waals surface area contributed by atoms with Crippen LogP contribution in [-0.4, -0.2) is 64.8 Å². The molecule has 0 bridgehead atoms. The van der Waals surface area contributed by atoms with Crippen LogP contribution in [0.1, 0.15) is 0 Å². The predicted octanol–water partition coefficient (Wildman–Crippen LogP) is -4.13. The van der Waals surface area contributed by atoms with Crippen LogP contribution < -0.4 is 15.3 Å². The first-order chi connectivity index (χ1) is 5.20. The Morgan fingerprint density at radius 1 is 0.643 bits per heavy atom. The molecule has 0 N–H and O–H groups in total. The number of rotatable bonds is 0. The van der Waals surface area contributed by atoms with Crippen molar-refractivity contribution in [3.05, 3.63) is 0 Å². The van der Waals surface area contributed by atoms with Crippen LogP contribution >= 0.6 is 0 Å². The van der Waals surface area contributed by atoms with Crippen LogP contribution in [0.3, 0.4) is 0 Å². The summed E-state index contributed by atoms with van der Waals surface area (Å²) in [6.07, 6.45) is 0. The number of hydrogen-bond donors (Lipinski definition) is 0. The molecule has 0 aliphatic heterocycles. The molecular weight excluding hydrogens is 472 g/mol. The molecule has 0 aliphatic rings. The first kappa shape index (κ1) is 29.3. The summed E-state index contributed by atoms with van der Waals surface area (Å²) >= 11 is 10.3. The summed E-state index contributed by atoms with van der Waals surface area (Å²) in [5.41, 5.74) is 0. The van der Waals surface area contributed by atoms with E-state index in [1.165, 1.54) is 0 Å². The average Bonchev–Trinajstić information content (AvgIpc) is 1.54. The second-order valence-corrected chi connectivity index (χ2v) is 1.75. The normalized spacial score (nSPS) is 5.14. The van der Waals surface area contributed by atoms with E-state index >= 15 is 0 Å². The summed E-state index contributed by atoms with van der Waals surface area (Å²) in [7, 11) is 0. The van der Waals surface area contributed by atoms with E-state index in [2.05, 4.69) is 37.9 Å². The van der Waals surface area contributed by atoms with Crippen LogP contribution in [0, 0.1) is 0 Å². The Balaban J connectivity index is -0.0000000270. The molecule has 0 rings (SSSR count). The van der Waals surface area contributed by atoms with Crippen LogP contribution in [0.4, 0.5) is 14.4 Å². The first-order valence-corrected chi connectivity index (χ1v) is 3.06. The van der Waals surface area contributed by atoms with Crippen LogP contribution in [0.5, 0.6) is 0 Å². The molecule has 0 spiro atoms. The molecule has 0 heterocycles. The molecule has 76 valence electrons. The van der Waals surface area contributed by atoms with Crippen molar-refractivity contribution in [3.8, 4) is 0 Å². The molecule has 0 unspecified atom stereocenters. The number of carboxylic acid groups (broad SMARTS) is 3. The molecule has 0 aromatic carbocycles. The van der Waals surface area contributed by atoms with Crippen LogP contribution in [-0.2, 0) is 37.9 Å². The molecular formula is C3O6S3Sb2. The van der Waals surface area contributed by atoms with E-state index in [0.29, 0.717) is 0 Å². The second kappa shape index (κ2) is 23.5. The second-order valence-electron chi connectivity index (χ2n) is 0.750. The molecule has 6 nitrogen and oxygen atoms in total. The Labute approximate surface area is 131 Å². The maximum atomic E-state index is 8.70. The van der Waals surface area contributed by atoms with E-state index < -0.39 is 15.9 Å². The Kier molecular flexibility index (Phi) is 49.2. The van der Waals surface area contributed by atoms with Crippen LogP contribution in [0.15, 0.2) is 0 Å². The first-order valence-electron chi connectivity index (χ1n) is 1.84. The van der Waals surface area contributed by atoms with E-state index in [9.17, 15) is 0 Å². The summed E-state index contributed by atoms with van der Waals surface area (Å²) in [6.45, 7) is 0. The Hall–Kier alpha value is 0.706. The summed E-state index contributed by atoms with van der Waals surface area (Å²) in [5.74, 6) is 0. The summed E-state index contributed by atoms with van der Waals surface area (Å²) < 4.78 is 0. The summed E-state index contributed by atoms with van der Waals surface area (Å²) in [4.78, 5) is 26.1. The standard InChI is InChI=1S/3CH2O2S.2Sb/c3*2-1(3)4;;/h3*4H,(H,2,3);;/q;;;2*+3/p-6. The maximum Gasteiger partial charge on any atom is 3.00 e. The van der Waals surface area contributed by atoms with Gasteiger partial charge in [-0.3, -0.25) is 0 Å². The molecule has 14 heavy (non-hydrogen) atoms. The van der Waals surface area contributed by atoms with Crippen molar-refractivity contribution >= 4 is 103 Å². The topological polar surface area (TPSA) is 120 Å². The molecule has 0 saturated carbocycles. The van der Waals surface area contributed by atoms with Crippen LogP contribution in [0.2, 0.25) is 0 Å². The van der Waals surface area contributed by atoms with Gasteiger partial charge in [0.15, 0.2) is 0 Å². The van der Waals surface area contributed by atoms with Gasteiger partial charge in [-0.05, 0) is 0 Å². The van der Waals surface area contributed by atoms with Gasteiger partial charge in [-0.15, -0.1) is 0 Å². The van der Waals surface area contributed by atoms with Gasteiger partial charge in [0, 0.05) is 0 Å². The summed E-state index contributed by atoms with van der Waals surface area (Å²) in [5, 5.41) is 21.6.